The molecule has 0 aromatic heterocycles. The molecule has 2 aromatic rings. The van der Waals surface area contributed by atoms with Gasteiger partial charge in [0.05, 0.1) is 0 Å². The first kappa shape index (κ1) is 14.4. The Labute approximate surface area is 114 Å². The molecule has 1 N–H and O–H groups in total. The molecule has 2 nitrogen and oxygen atoms in total. The van der Waals surface area contributed by atoms with Crippen molar-refractivity contribution in [3.05, 3.63) is 65.0 Å². The van der Waals surface area contributed by atoms with Crippen molar-refractivity contribution in [2.45, 2.75) is 19.6 Å². The first-order valence-electron chi connectivity index (χ1n) is 5.97. The quantitative estimate of drug-likeness (QED) is 0.923. The molecule has 2 aromatic carbocycles. The molecule has 0 bridgehead atoms. The van der Waals surface area contributed by atoms with Crippen LogP contribution >= 0.6 is 0 Å². The number of rotatable bonds is 4. The van der Waals surface area contributed by atoms with Crippen LogP contribution in [0.4, 0.5) is 13.2 Å². The van der Waals surface area contributed by atoms with E-state index in [1.807, 2.05) is 0 Å². The third kappa shape index (κ3) is 3.11. The van der Waals surface area contributed by atoms with Crippen LogP contribution in [0.25, 0.3) is 0 Å². The van der Waals surface area contributed by atoms with Gasteiger partial charge in [-0.1, -0.05) is 30.3 Å². The smallest absolute Gasteiger partial charge is 0.387 e. The van der Waals surface area contributed by atoms with Gasteiger partial charge in [0.15, 0.2) is 0 Å². The van der Waals surface area contributed by atoms with Crippen LogP contribution < -0.4 is 4.74 Å². The molecule has 0 amide bonds. The Morgan fingerprint density at radius 2 is 1.80 bits per heavy atom. The summed E-state index contributed by atoms with van der Waals surface area (Å²) in [6.07, 6.45) is -1.24. The predicted octanol–water partition coefficient (Wildman–Crippen LogP) is 3.82. The van der Waals surface area contributed by atoms with E-state index in [1.165, 1.54) is 30.3 Å². The highest BCUT2D eigenvalue weighted by atomic mass is 19.3. The summed E-state index contributed by atoms with van der Waals surface area (Å²) < 4.78 is 42.5. The molecule has 20 heavy (non-hydrogen) atoms. The van der Waals surface area contributed by atoms with Gasteiger partial charge in [-0.25, -0.2) is 4.39 Å². The molecule has 0 saturated carbocycles. The monoisotopic (exact) mass is 282 g/mol. The average molecular weight is 282 g/mol. The summed E-state index contributed by atoms with van der Waals surface area (Å²) in [5, 5.41) is 10.2. The van der Waals surface area contributed by atoms with E-state index in [-0.39, 0.29) is 16.9 Å². The van der Waals surface area contributed by atoms with Crippen molar-refractivity contribution < 1.29 is 23.0 Å². The van der Waals surface area contributed by atoms with E-state index >= 15 is 0 Å². The number of benzene rings is 2. The normalized spacial score (nSPS) is 12.5. The number of aryl methyl sites for hydroxylation is 1. The highest BCUT2D eigenvalue weighted by Crippen LogP contribution is 2.31. The van der Waals surface area contributed by atoms with Crippen LogP contribution in [-0.2, 0) is 0 Å². The summed E-state index contributed by atoms with van der Waals surface area (Å²) >= 11 is 0. The lowest BCUT2D eigenvalue weighted by atomic mass is 9.99. The predicted molar refractivity (Wildman–Crippen MR) is 68.3 cm³/mol. The molecule has 0 aliphatic carbocycles. The van der Waals surface area contributed by atoms with Crippen molar-refractivity contribution in [3.8, 4) is 5.75 Å². The molecule has 106 valence electrons. The van der Waals surface area contributed by atoms with E-state index < -0.39 is 18.5 Å². The fraction of sp³-hybridized carbons (Fsp3) is 0.200. The summed E-state index contributed by atoms with van der Waals surface area (Å²) in [7, 11) is 0. The fourth-order valence-electron chi connectivity index (χ4n) is 1.87. The van der Waals surface area contributed by atoms with E-state index in [1.54, 1.807) is 19.1 Å². The molecule has 0 saturated heterocycles. The zero-order chi connectivity index (χ0) is 14.7. The summed E-state index contributed by atoms with van der Waals surface area (Å²) in [5.74, 6) is -0.593. The van der Waals surface area contributed by atoms with Gasteiger partial charge in [-0.2, -0.15) is 8.78 Å². The van der Waals surface area contributed by atoms with Gasteiger partial charge < -0.3 is 9.84 Å². The van der Waals surface area contributed by atoms with Crippen molar-refractivity contribution in [3.63, 3.8) is 0 Å². The summed E-state index contributed by atoms with van der Waals surface area (Å²) in [5.41, 5.74) is 0.882. The van der Waals surface area contributed by atoms with E-state index in [2.05, 4.69) is 4.74 Å². The second-order valence-corrected chi connectivity index (χ2v) is 4.33. The van der Waals surface area contributed by atoms with Crippen molar-refractivity contribution in [2.24, 2.45) is 0 Å². The Hall–Kier alpha value is -2.01. The number of halogens is 3. The first-order valence-corrected chi connectivity index (χ1v) is 5.97. The van der Waals surface area contributed by atoms with Gasteiger partial charge in [-0.3, -0.25) is 0 Å². The number of ether oxygens (including phenoxy) is 1. The summed E-state index contributed by atoms with van der Waals surface area (Å²) in [4.78, 5) is 0. The van der Waals surface area contributed by atoms with Crippen LogP contribution in [-0.4, -0.2) is 11.7 Å². The first-order chi connectivity index (χ1) is 9.49. The minimum Gasteiger partial charge on any atom is -0.434 e. The van der Waals surface area contributed by atoms with Crippen molar-refractivity contribution in [2.75, 3.05) is 0 Å². The van der Waals surface area contributed by atoms with E-state index in [9.17, 15) is 18.3 Å². The number of aliphatic hydroxyl groups is 1. The molecular formula is C15H13F3O2. The van der Waals surface area contributed by atoms with Crippen LogP contribution in [0.3, 0.4) is 0 Å². The largest absolute Gasteiger partial charge is 0.434 e. The third-order valence-electron chi connectivity index (χ3n) is 2.94. The zero-order valence-electron chi connectivity index (χ0n) is 10.7. The Balaban J connectivity index is 2.37. The highest BCUT2D eigenvalue weighted by Gasteiger charge is 2.18. The second kappa shape index (κ2) is 5.96. The summed E-state index contributed by atoms with van der Waals surface area (Å²) in [6.45, 7) is -1.39. The molecule has 0 aliphatic rings. The molecule has 0 aliphatic heterocycles. The van der Waals surface area contributed by atoms with Crippen LogP contribution in [0, 0.1) is 12.7 Å². The third-order valence-corrected chi connectivity index (χ3v) is 2.94. The number of hydrogen-bond acceptors (Lipinski definition) is 2. The maximum atomic E-state index is 13.5. The molecule has 0 heterocycles. The molecule has 0 spiro atoms. The van der Waals surface area contributed by atoms with E-state index in [0.717, 1.165) is 0 Å². The van der Waals surface area contributed by atoms with Crippen LogP contribution in [0.5, 0.6) is 5.75 Å². The van der Waals surface area contributed by atoms with E-state index in [4.69, 9.17) is 0 Å². The Morgan fingerprint density at radius 3 is 2.45 bits per heavy atom. The van der Waals surface area contributed by atoms with Gasteiger partial charge in [0.2, 0.25) is 0 Å². The van der Waals surface area contributed by atoms with Crippen LogP contribution in [0.2, 0.25) is 0 Å². The lowest BCUT2D eigenvalue weighted by Crippen LogP contribution is -2.08. The molecule has 5 heteroatoms. The average Bonchev–Trinajstić information content (AvgIpc) is 2.41. The molecule has 0 radical (unpaired) electrons. The molecule has 2 rings (SSSR count). The molecule has 1 unspecified atom stereocenters. The summed E-state index contributed by atoms with van der Waals surface area (Å²) in [6, 6.07) is 10.1. The second-order valence-electron chi connectivity index (χ2n) is 4.33. The maximum Gasteiger partial charge on any atom is 0.387 e. The van der Waals surface area contributed by atoms with Gasteiger partial charge in [0, 0.05) is 5.56 Å². The Morgan fingerprint density at radius 1 is 1.10 bits per heavy atom. The van der Waals surface area contributed by atoms with Crippen molar-refractivity contribution >= 4 is 0 Å². The minimum absolute atomic E-state index is 0.129. The Bertz CT molecular complexity index is 599. The topological polar surface area (TPSA) is 29.5 Å². The van der Waals surface area contributed by atoms with Gasteiger partial charge >= 0.3 is 6.61 Å². The lowest BCUT2D eigenvalue weighted by molar-refractivity contribution is -0.0512. The molecular weight excluding hydrogens is 269 g/mol. The van der Waals surface area contributed by atoms with Gasteiger partial charge in [0.25, 0.3) is 0 Å². The standard InChI is InChI=1S/C15H13F3O2/c1-9-6-7-10(8-12(9)16)14(19)11-4-2-3-5-13(11)20-15(17)18/h2-8,14-15,19H,1H3. The SMILES string of the molecule is Cc1ccc(C(O)c2ccccc2OC(F)F)cc1F. The number of para-hydroxylation sites is 1. The van der Waals surface area contributed by atoms with E-state index in [0.29, 0.717) is 5.56 Å². The van der Waals surface area contributed by atoms with Gasteiger partial charge in [-0.05, 0) is 30.2 Å². The van der Waals surface area contributed by atoms with Crippen molar-refractivity contribution in [1.82, 2.24) is 0 Å². The number of hydrogen-bond donors (Lipinski definition) is 1. The molecule has 0 fully saturated rings. The fourth-order valence-corrected chi connectivity index (χ4v) is 1.87. The zero-order valence-corrected chi connectivity index (χ0v) is 10.7. The van der Waals surface area contributed by atoms with Crippen LogP contribution in [0.1, 0.15) is 22.8 Å². The van der Waals surface area contributed by atoms with Gasteiger partial charge in [0.1, 0.15) is 17.7 Å². The number of aliphatic hydroxyl groups excluding tert-OH is 1. The van der Waals surface area contributed by atoms with Gasteiger partial charge in [-0.15, -0.1) is 0 Å². The minimum atomic E-state index is -2.99. The maximum absolute atomic E-state index is 13.5. The Kier molecular flexibility index (Phi) is 4.29. The number of alkyl halides is 2. The lowest BCUT2D eigenvalue weighted by Gasteiger charge is -2.16. The highest BCUT2D eigenvalue weighted by molar-refractivity contribution is 5.41. The van der Waals surface area contributed by atoms with Crippen LogP contribution in [0.15, 0.2) is 42.5 Å². The van der Waals surface area contributed by atoms with Crippen molar-refractivity contribution in [1.29, 1.82) is 0 Å². The molecule has 1 atom stereocenters.